The Morgan fingerprint density at radius 1 is 1.11 bits per heavy atom. The number of nitrogens with zero attached hydrogens (tertiary/aromatic N) is 1. The number of aromatic nitrogens is 1. The standard InChI is InChI=1S/C15H21NO2S/c1-11(2)16-14(10-19(17,18)12(3)4)9-13-7-5-6-8-15(13)16/h5-9,11-12H,10H2,1-4H3. The van der Waals surface area contributed by atoms with Crippen molar-refractivity contribution in [2.24, 2.45) is 0 Å². The molecule has 1 aromatic heterocycles. The molecule has 104 valence electrons. The van der Waals surface area contributed by atoms with Gasteiger partial charge in [0.05, 0.1) is 11.0 Å². The van der Waals surface area contributed by atoms with Crippen LogP contribution < -0.4 is 0 Å². The molecular weight excluding hydrogens is 258 g/mol. The lowest BCUT2D eigenvalue weighted by Crippen LogP contribution is -2.18. The van der Waals surface area contributed by atoms with Gasteiger partial charge in [-0.15, -0.1) is 0 Å². The van der Waals surface area contributed by atoms with Crippen LogP contribution in [0.5, 0.6) is 0 Å². The van der Waals surface area contributed by atoms with Gasteiger partial charge in [0.1, 0.15) is 0 Å². The molecule has 0 fully saturated rings. The van der Waals surface area contributed by atoms with Crippen molar-refractivity contribution in [1.29, 1.82) is 0 Å². The van der Waals surface area contributed by atoms with Crippen LogP contribution in [0.2, 0.25) is 0 Å². The molecule has 0 aliphatic carbocycles. The SMILES string of the molecule is CC(C)n1c(CS(=O)(=O)C(C)C)cc2ccccc21. The maximum Gasteiger partial charge on any atom is 0.158 e. The predicted octanol–water partition coefficient (Wildman–Crippen LogP) is 3.55. The van der Waals surface area contributed by atoms with E-state index in [1.807, 2.05) is 30.3 Å². The summed E-state index contributed by atoms with van der Waals surface area (Å²) in [5, 5.41) is 0.760. The Hall–Kier alpha value is -1.29. The van der Waals surface area contributed by atoms with Gasteiger partial charge in [-0.25, -0.2) is 8.42 Å². The Morgan fingerprint density at radius 3 is 2.32 bits per heavy atom. The van der Waals surface area contributed by atoms with Crippen LogP contribution in [-0.2, 0) is 15.6 Å². The third kappa shape index (κ3) is 2.68. The summed E-state index contributed by atoms with van der Waals surface area (Å²) >= 11 is 0. The first-order valence-electron chi connectivity index (χ1n) is 6.63. The number of hydrogen-bond acceptors (Lipinski definition) is 2. The third-order valence-corrected chi connectivity index (χ3v) is 5.55. The topological polar surface area (TPSA) is 39.1 Å². The lowest BCUT2D eigenvalue weighted by molar-refractivity contribution is 0.574. The summed E-state index contributed by atoms with van der Waals surface area (Å²) in [6.07, 6.45) is 0. The lowest BCUT2D eigenvalue weighted by atomic mass is 10.2. The van der Waals surface area contributed by atoms with Gasteiger partial charge in [-0.2, -0.15) is 0 Å². The monoisotopic (exact) mass is 279 g/mol. The van der Waals surface area contributed by atoms with Gasteiger partial charge in [0.2, 0.25) is 0 Å². The smallest absolute Gasteiger partial charge is 0.158 e. The highest BCUT2D eigenvalue weighted by atomic mass is 32.2. The zero-order valence-electron chi connectivity index (χ0n) is 11.9. The third-order valence-electron chi connectivity index (χ3n) is 3.41. The van der Waals surface area contributed by atoms with Crippen LogP contribution in [0.25, 0.3) is 10.9 Å². The van der Waals surface area contributed by atoms with E-state index >= 15 is 0 Å². The van der Waals surface area contributed by atoms with Crippen molar-refractivity contribution in [1.82, 2.24) is 4.57 Å². The van der Waals surface area contributed by atoms with Gasteiger partial charge in [-0.3, -0.25) is 0 Å². The van der Waals surface area contributed by atoms with Crippen LogP contribution in [0, 0.1) is 0 Å². The molecule has 1 heterocycles. The van der Waals surface area contributed by atoms with Gasteiger partial charge in [0, 0.05) is 17.3 Å². The quantitative estimate of drug-likeness (QED) is 0.858. The number of sulfone groups is 1. The number of fused-ring (bicyclic) bond motifs is 1. The van der Waals surface area contributed by atoms with Crippen molar-refractivity contribution in [3.05, 3.63) is 36.0 Å². The Morgan fingerprint density at radius 2 is 1.74 bits per heavy atom. The fourth-order valence-corrected chi connectivity index (χ4v) is 3.29. The summed E-state index contributed by atoms with van der Waals surface area (Å²) in [6.45, 7) is 7.63. The minimum Gasteiger partial charge on any atom is -0.341 e. The molecule has 1 aromatic carbocycles. The Labute approximate surface area is 115 Å². The van der Waals surface area contributed by atoms with Crippen LogP contribution in [0.15, 0.2) is 30.3 Å². The van der Waals surface area contributed by atoms with E-state index in [0.29, 0.717) is 0 Å². The van der Waals surface area contributed by atoms with Crippen molar-refractivity contribution >= 4 is 20.7 Å². The van der Waals surface area contributed by atoms with Gasteiger partial charge in [-0.1, -0.05) is 18.2 Å². The molecule has 3 nitrogen and oxygen atoms in total. The van der Waals surface area contributed by atoms with E-state index in [2.05, 4.69) is 18.4 Å². The molecule has 0 amide bonds. The first-order chi connectivity index (χ1) is 8.83. The summed E-state index contributed by atoms with van der Waals surface area (Å²) in [5.41, 5.74) is 1.98. The molecule has 19 heavy (non-hydrogen) atoms. The average molecular weight is 279 g/mol. The summed E-state index contributed by atoms with van der Waals surface area (Å²) in [7, 11) is -3.08. The largest absolute Gasteiger partial charge is 0.341 e. The molecule has 0 aliphatic rings. The molecule has 0 saturated carbocycles. The minimum absolute atomic E-state index is 0.109. The van der Waals surface area contributed by atoms with E-state index in [0.717, 1.165) is 16.6 Å². The molecule has 0 bridgehead atoms. The molecule has 0 radical (unpaired) electrons. The van der Waals surface area contributed by atoms with Gasteiger partial charge in [0.25, 0.3) is 0 Å². The van der Waals surface area contributed by atoms with Crippen LogP contribution >= 0.6 is 0 Å². The second kappa shape index (κ2) is 5.00. The van der Waals surface area contributed by atoms with E-state index in [1.165, 1.54) is 0 Å². The average Bonchev–Trinajstić information content (AvgIpc) is 2.65. The van der Waals surface area contributed by atoms with Crippen LogP contribution in [0.1, 0.15) is 39.4 Å². The summed E-state index contributed by atoms with van der Waals surface area (Å²) in [6, 6.07) is 10.3. The molecule has 0 unspecified atom stereocenters. The molecule has 0 N–H and O–H groups in total. The fraction of sp³-hybridized carbons (Fsp3) is 0.467. The van der Waals surface area contributed by atoms with Crippen LogP contribution in [-0.4, -0.2) is 18.2 Å². The van der Waals surface area contributed by atoms with Crippen molar-refractivity contribution in [2.45, 2.75) is 44.7 Å². The molecule has 2 rings (SSSR count). The van der Waals surface area contributed by atoms with E-state index in [-0.39, 0.29) is 17.0 Å². The number of para-hydroxylation sites is 1. The highest BCUT2D eigenvalue weighted by Gasteiger charge is 2.21. The zero-order chi connectivity index (χ0) is 14.2. The Kier molecular flexibility index (Phi) is 3.72. The molecule has 4 heteroatoms. The molecule has 0 atom stereocenters. The first kappa shape index (κ1) is 14.1. The molecule has 0 aliphatic heterocycles. The van der Waals surface area contributed by atoms with Gasteiger partial charge in [-0.05, 0) is 45.2 Å². The number of hydrogen-bond donors (Lipinski definition) is 0. The molecular formula is C15H21NO2S. The fourth-order valence-electron chi connectivity index (χ4n) is 2.33. The van der Waals surface area contributed by atoms with E-state index in [9.17, 15) is 8.42 Å². The minimum atomic E-state index is -3.08. The first-order valence-corrected chi connectivity index (χ1v) is 8.35. The van der Waals surface area contributed by atoms with Crippen molar-refractivity contribution in [2.75, 3.05) is 0 Å². The molecule has 0 spiro atoms. The van der Waals surface area contributed by atoms with Gasteiger partial charge < -0.3 is 4.57 Å². The summed E-state index contributed by atoms with van der Waals surface area (Å²) in [4.78, 5) is 0. The van der Waals surface area contributed by atoms with Crippen LogP contribution in [0.4, 0.5) is 0 Å². The maximum absolute atomic E-state index is 12.1. The zero-order valence-corrected chi connectivity index (χ0v) is 12.7. The van der Waals surface area contributed by atoms with Crippen molar-refractivity contribution in [3.63, 3.8) is 0 Å². The number of benzene rings is 1. The Balaban J connectivity index is 2.58. The van der Waals surface area contributed by atoms with Gasteiger partial charge in [0.15, 0.2) is 9.84 Å². The highest BCUT2D eigenvalue weighted by molar-refractivity contribution is 7.91. The Bertz CT molecular complexity index is 681. The normalized spacial score (nSPS) is 12.7. The molecule has 2 aromatic rings. The van der Waals surface area contributed by atoms with Gasteiger partial charge >= 0.3 is 0 Å². The summed E-state index contributed by atoms with van der Waals surface area (Å²) in [5.74, 6) is 0.109. The maximum atomic E-state index is 12.1. The highest BCUT2D eigenvalue weighted by Crippen LogP contribution is 2.26. The van der Waals surface area contributed by atoms with E-state index < -0.39 is 9.84 Å². The van der Waals surface area contributed by atoms with Crippen molar-refractivity contribution in [3.8, 4) is 0 Å². The van der Waals surface area contributed by atoms with E-state index in [1.54, 1.807) is 13.8 Å². The second-order valence-corrected chi connectivity index (χ2v) is 8.07. The van der Waals surface area contributed by atoms with Crippen LogP contribution in [0.3, 0.4) is 0 Å². The van der Waals surface area contributed by atoms with E-state index in [4.69, 9.17) is 0 Å². The predicted molar refractivity (Wildman–Crippen MR) is 80.1 cm³/mol. The summed E-state index contributed by atoms with van der Waals surface area (Å²) < 4.78 is 26.4. The lowest BCUT2D eigenvalue weighted by Gasteiger charge is -2.15. The second-order valence-electron chi connectivity index (χ2n) is 5.51. The number of rotatable bonds is 4. The molecule has 0 saturated heterocycles. The van der Waals surface area contributed by atoms with Crippen molar-refractivity contribution < 1.29 is 8.42 Å².